The Morgan fingerprint density at radius 1 is 1.08 bits per heavy atom. The average molecular weight is 356 g/mol. The Kier molecular flexibility index (Phi) is 6.89. The van der Waals surface area contributed by atoms with Crippen molar-refractivity contribution in [3.8, 4) is 11.8 Å². The summed E-state index contributed by atoms with van der Waals surface area (Å²) in [7, 11) is 0. The second-order valence-electron chi connectivity index (χ2n) is 4.81. The molecule has 7 heteroatoms. The van der Waals surface area contributed by atoms with Crippen molar-refractivity contribution in [3.63, 3.8) is 0 Å². The highest BCUT2D eigenvalue weighted by Gasteiger charge is 2.04. The van der Waals surface area contributed by atoms with Crippen LogP contribution in [0.15, 0.2) is 59.5 Å². The molecule has 0 radical (unpaired) electrons. The maximum Gasteiger partial charge on any atom is 0.384 e. The zero-order valence-electron chi connectivity index (χ0n) is 13.1. The molecule has 0 aliphatic heterocycles. The van der Waals surface area contributed by atoms with Crippen LogP contribution in [0.1, 0.15) is 15.9 Å². The molecule has 2 rings (SSSR count). The Bertz CT molecular complexity index is 822. The van der Waals surface area contributed by atoms with Gasteiger partial charge in [-0.05, 0) is 40.9 Å². The number of carbonyl (C=O) groups excluding carboxylic acids is 2. The fourth-order valence-corrected chi connectivity index (χ4v) is 2.18. The molecule has 1 unspecified atom stereocenters. The molecule has 0 bridgehead atoms. The first-order chi connectivity index (χ1) is 12.1. The largest absolute Gasteiger partial charge is 0.768 e. The second-order valence-corrected chi connectivity index (χ2v) is 5.75. The van der Waals surface area contributed by atoms with Crippen molar-refractivity contribution >= 4 is 23.0 Å². The third-order valence-corrected chi connectivity index (χ3v) is 3.71. The lowest BCUT2D eigenvalue weighted by Crippen LogP contribution is -2.23. The van der Waals surface area contributed by atoms with Crippen molar-refractivity contribution in [2.75, 3.05) is 6.54 Å². The van der Waals surface area contributed by atoms with Crippen molar-refractivity contribution < 1.29 is 23.1 Å². The standard InChI is InChI=1S/C18H15NO5S/c20-17(24-13-14-5-2-1-3-6-14)7-4-12-19-18(21)15-8-10-16(11-9-15)25(22)23/h1-3,5-6,8-11H,12-13H2,(H,19,21)(H,22,23)/p-1. The summed E-state index contributed by atoms with van der Waals surface area (Å²) < 4.78 is 26.4. The Morgan fingerprint density at radius 2 is 1.76 bits per heavy atom. The van der Waals surface area contributed by atoms with Crippen LogP contribution in [0.2, 0.25) is 0 Å². The zero-order chi connectivity index (χ0) is 18.1. The maximum atomic E-state index is 11.8. The van der Waals surface area contributed by atoms with Gasteiger partial charge >= 0.3 is 5.97 Å². The number of hydrogen-bond donors (Lipinski definition) is 1. The molecule has 0 spiro atoms. The summed E-state index contributed by atoms with van der Waals surface area (Å²) in [4.78, 5) is 23.4. The minimum absolute atomic E-state index is 0.0332. The summed E-state index contributed by atoms with van der Waals surface area (Å²) in [5, 5.41) is 2.50. The fraction of sp³-hybridized carbons (Fsp3) is 0.111. The van der Waals surface area contributed by atoms with Gasteiger partial charge in [-0.2, -0.15) is 0 Å². The van der Waals surface area contributed by atoms with Crippen molar-refractivity contribution in [2.45, 2.75) is 11.5 Å². The summed E-state index contributed by atoms with van der Waals surface area (Å²) in [5.41, 5.74) is 1.15. The molecule has 0 heterocycles. The summed E-state index contributed by atoms with van der Waals surface area (Å²) in [6.45, 7) is 0.0999. The van der Waals surface area contributed by atoms with Gasteiger partial charge in [-0.15, -0.1) is 0 Å². The van der Waals surface area contributed by atoms with Gasteiger partial charge in [0.15, 0.2) is 0 Å². The van der Waals surface area contributed by atoms with Crippen molar-refractivity contribution in [1.29, 1.82) is 0 Å². The number of ether oxygens (including phenoxy) is 1. The van der Waals surface area contributed by atoms with Gasteiger partial charge in [0.25, 0.3) is 5.91 Å². The van der Waals surface area contributed by atoms with E-state index < -0.39 is 23.0 Å². The molecule has 1 atom stereocenters. The number of nitrogens with one attached hydrogen (secondary N) is 1. The van der Waals surface area contributed by atoms with Crippen molar-refractivity contribution in [3.05, 3.63) is 65.7 Å². The van der Waals surface area contributed by atoms with Crippen molar-refractivity contribution in [1.82, 2.24) is 5.32 Å². The monoisotopic (exact) mass is 356 g/mol. The van der Waals surface area contributed by atoms with Gasteiger partial charge in [0.2, 0.25) is 0 Å². The minimum Gasteiger partial charge on any atom is -0.768 e. The van der Waals surface area contributed by atoms with E-state index in [4.69, 9.17) is 4.74 Å². The van der Waals surface area contributed by atoms with Gasteiger partial charge in [-0.3, -0.25) is 9.00 Å². The van der Waals surface area contributed by atoms with E-state index in [1.807, 2.05) is 30.3 Å². The lowest BCUT2D eigenvalue weighted by molar-refractivity contribution is -0.137. The predicted molar refractivity (Wildman–Crippen MR) is 90.0 cm³/mol. The smallest absolute Gasteiger partial charge is 0.384 e. The Hall–Kier alpha value is -2.95. The van der Waals surface area contributed by atoms with Crippen LogP contribution in [-0.4, -0.2) is 27.2 Å². The molecular formula is C18H14NO5S-. The minimum atomic E-state index is -2.33. The van der Waals surface area contributed by atoms with E-state index in [9.17, 15) is 18.4 Å². The molecule has 0 aromatic heterocycles. The Labute approximate surface area is 147 Å². The van der Waals surface area contributed by atoms with Gasteiger partial charge in [-0.1, -0.05) is 36.3 Å². The summed E-state index contributed by atoms with van der Waals surface area (Å²) >= 11 is -2.33. The number of rotatable bonds is 5. The summed E-state index contributed by atoms with van der Waals surface area (Å²) in [6, 6.07) is 14.6. The normalized spacial score (nSPS) is 10.9. The first-order valence-electron chi connectivity index (χ1n) is 7.23. The van der Waals surface area contributed by atoms with Crippen LogP contribution in [0.5, 0.6) is 0 Å². The number of hydrogen-bond acceptors (Lipinski definition) is 5. The van der Waals surface area contributed by atoms with Crippen LogP contribution in [0.3, 0.4) is 0 Å². The topological polar surface area (TPSA) is 95.5 Å². The Morgan fingerprint density at radius 3 is 2.40 bits per heavy atom. The van der Waals surface area contributed by atoms with Crippen LogP contribution in [0.4, 0.5) is 0 Å². The van der Waals surface area contributed by atoms with Crippen molar-refractivity contribution in [2.24, 2.45) is 0 Å². The molecule has 1 N–H and O–H groups in total. The molecule has 128 valence electrons. The quantitative estimate of drug-likeness (QED) is 0.378. The molecule has 0 saturated carbocycles. The van der Waals surface area contributed by atoms with E-state index in [-0.39, 0.29) is 18.0 Å². The van der Waals surface area contributed by atoms with Gasteiger partial charge < -0.3 is 14.6 Å². The SMILES string of the molecule is O=C(C#CCNC(=O)c1ccc(S(=O)[O-])cc1)OCc1ccccc1. The van der Waals surface area contributed by atoms with E-state index in [1.165, 1.54) is 24.3 Å². The lowest BCUT2D eigenvalue weighted by atomic mass is 10.2. The van der Waals surface area contributed by atoms with E-state index in [1.54, 1.807) is 0 Å². The third kappa shape index (κ3) is 6.22. The Balaban J connectivity index is 1.76. The van der Waals surface area contributed by atoms with Crippen LogP contribution >= 0.6 is 0 Å². The molecule has 2 aromatic rings. The van der Waals surface area contributed by atoms with E-state index in [0.717, 1.165) is 5.56 Å². The zero-order valence-corrected chi connectivity index (χ0v) is 13.9. The van der Waals surface area contributed by atoms with Crippen LogP contribution in [-0.2, 0) is 27.2 Å². The number of carbonyl (C=O) groups is 2. The molecule has 0 fully saturated rings. The number of esters is 1. The predicted octanol–water partition coefficient (Wildman–Crippen LogP) is 1.40. The molecule has 1 amide bonds. The number of benzene rings is 2. The third-order valence-electron chi connectivity index (χ3n) is 3.05. The van der Waals surface area contributed by atoms with Crippen LogP contribution in [0.25, 0.3) is 0 Å². The highest BCUT2D eigenvalue weighted by atomic mass is 32.2. The fourth-order valence-electron chi connectivity index (χ4n) is 1.82. The van der Waals surface area contributed by atoms with E-state index >= 15 is 0 Å². The molecule has 6 nitrogen and oxygen atoms in total. The van der Waals surface area contributed by atoms with Crippen LogP contribution < -0.4 is 5.32 Å². The van der Waals surface area contributed by atoms with Gasteiger partial charge in [0.05, 0.1) is 6.54 Å². The molecule has 0 saturated heterocycles. The van der Waals surface area contributed by atoms with Crippen LogP contribution in [0, 0.1) is 11.8 Å². The molecular weight excluding hydrogens is 342 g/mol. The summed E-state index contributed by atoms with van der Waals surface area (Å²) in [5.74, 6) is 3.67. The lowest BCUT2D eigenvalue weighted by Gasteiger charge is -2.06. The number of amides is 1. The van der Waals surface area contributed by atoms with E-state index in [2.05, 4.69) is 17.2 Å². The van der Waals surface area contributed by atoms with Gasteiger partial charge in [0, 0.05) is 16.4 Å². The second kappa shape index (κ2) is 9.37. The summed E-state index contributed by atoms with van der Waals surface area (Å²) in [6.07, 6.45) is 0. The van der Waals surface area contributed by atoms with Gasteiger partial charge in [-0.25, -0.2) is 4.79 Å². The molecule has 0 aliphatic rings. The highest BCUT2D eigenvalue weighted by Crippen LogP contribution is 2.07. The van der Waals surface area contributed by atoms with Gasteiger partial charge in [0.1, 0.15) is 6.61 Å². The highest BCUT2D eigenvalue weighted by molar-refractivity contribution is 7.79. The first-order valence-corrected chi connectivity index (χ1v) is 8.31. The molecule has 0 aliphatic carbocycles. The average Bonchev–Trinajstić information content (AvgIpc) is 2.64. The maximum absolute atomic E-state index is 11.8. The molecule has 2 aromatic carbocycles. The first kappa shape index (κ1) is 18.4. The molecule has 25 heavy (non-hydrogen) atoms. The van der Waals surface area contributed by atoms with E-state index in [0.29, 0.717) is 5.56 Å².